The van der Waals surface area contributed by atoms with Crippen LogP contribution in [0.4, 0.5) is 5.69 Å². The molecule has 0 saturated heterocycles. The number of aryl methyl sites for hydroxylation is 1. The molecule has 0 spiro atoms. The van der Waals surface area contributed by atoms with Gasteiger partial charge in [0.25, 0.3) is 0 Å². The molecule has 0 aromatic carbocycles. The highest BCUT2D eigenvalue weighted by molar-refractivity contribution is 5.44. The average Bonchev–Trinajstić information content (AvgIpc) is 2.30. The molecule has 0 radical (unpaired) electrons. The average molecular weight is 213 g/mol. The summed E-state index contributed by atoms with van der Waals surface area (Å²) in [5, 5.41) is 3.40. The Morgan fingerprint density at radius 3 is 2.69 bits per heavy atom. The van der Waals surface area contributed by atoms with Gasteiger partial charge in [-0.25, -0.2) is 0 Å². The third kappa shape index (κ3) is 2.57. The van der Waals surface area contributed by atoms with Gasteiger partial charge in [0, 0.05) is 23.8 Å². The minimum atomic E-state index is 0.197. The zero-order valence-electron chi connectivity index (χ0n) is 9.51. The monoisotopic (exact) mass is 213 g/mol. The van der Waals surface area contributed by atoms with Crippen molar-refractivity contribution < 1.29 is 0 Å². The van der Waals surface area contributed by atoms with Gasteiger partial charge in [-0.05, 0) is 38.1 Å². The minimum Gasteiger partial charge on any atom is -0.377 e. The Hall–Kier alpha value is -1.90. The maximum Gasteiger partial charge on any atom is 0.0657 e. The van der Waals surface area contributed by atoms with Crippen LogP contribution in [0.2, 0.25) is 0 Å². The fourth-order valence-electron chi connectivity index (χ4n) is 1.59. The van der Waals surface area contributed by atoms with Crippen LogP contribution < -0.4 is 5.32 Å². The van der Waals surface area contributed by atoms with Gasteiger partial charge in [-0.3, -0.25) is 9.97 Å². The second-order valence-corrected chi connectivity index (χ2v) is 3.81. The van der Waals surface area contributed by atoms with Crippen LogP contribution in [-0.4, -0.2) is 9.97 Å². The van der Waals surface area contributed by atoms with Crippen LogP contribution in [0.3, 0.4) is 0 Å². The Morgan fingerprint density at radius 2 is 2.00 bits per heavy atom. The largest absolute Gasteiger partial charge is 0.377 e. The van der Waals surface area contributed by atoms with Gasteiger partial charge in [-0.2, -0.15) is 0 Å². The highest BCUT2D eigenvalue weighted by atomic mass is 14.9. The first-order chi connectivity index (χ1) is 7.75. The first kappa shape index (κ1) is 10.6. The maximum atomic E-state index is 4.32. The first-order valence-corrected chi connectivity index (χ1v) is 5.36. The lowest BCUT2D eigenvalue weighted by Crippen LogP contribution is -2.08. The number of anilines is 1. The summed E-state index contributed by atoms with van der Waals surface area (Å²) in [4.78, 5) is 8.48. The topological polar surface area (TPSA) is 37.8 Å². The molecule has 1 N–H and O–H groups in total. The molecule has 1 unspecified atom stereocenters. The third-order valence-electron chi connectivity index (χ3n) is 2.41. The highest BCUT2D eigenvalue weighted by Gasteiger charge is 2.05. The molecule has 82 valence electrons. The van der Waals surface area contributed by atoms with E-state index in [1.165, 1.54) is 0 Å². The Balaban J connectivity index is 2.11. The number of hydrogen-bond donors (Lipinski definition) is 1. The lowest BCUT2D eigenvalue weighted by atomic mass is 10.2. The molecule has 3 nitrogen and oxygen atoms in total. The summed E-state index contributed by atoms with van der Waals surface area (Å²) in [5.74, 6) is 0. The van der Waals surface area contributed by atoms with E-state index in [2.05, 4.69) is 22.2 Å². The van der Waals surface area contributed by atoms with E-state index in [1.807, 2.05) is 49.6 Å². The van der Waals surface area contributed by atoms with Crippen LogP contribution in [0.25, 0.3) is 0 Å². The van der Waals surface area contributed by atoms with E-state index in [4.69, 9.17) is 0 Å². The molecule has 16 heavy (non-hydrogen) atoms. The van der Waals surface area contributed by atoms with E-state index in [-0.39, 0.29) is 6.04 Å². The van der Waals surface area contributed by atoms with Crippen molar-refractivity contribution in [2.75, 3.05) is 5.32 Å². The standard InChI is InChI=1S/C13H15N3/c1-10-9-12(6-8-14-10)16-11(2)13-5-3-4-7-15-13/h3-9,11H,1-2H3,(H,14,16). The van der Waals surface area contributed by atoms with Crippen molar-refractivity contribution in [3.8, 4) is 0 Å². The number of nitrogens with one attached hydrogen (secondary N) is 1. The zero-order chi connectivity index (χ0) is 11.4. The molecule has 2 aromatic rings. The molecule has 3 heteroatoms. The van der Waals surface area contributed by atoms with Gasteiger partial charge in [0.05, 0.1) is 11.7 Å². The Kier molecular flexibility index (Phi) is 3.15. The van der Waals surface area contributed by atoms with Gasteiger partial charge in [-0.15, -0.1) is 0 Å². The van der Waals surface area contributed by atoms with Crippen LogP contribution >= 0.6 is 0 Å². The lowest BCUT2D eigenvalue weighted by molar-refractivity contribution is 0.838. The molecule has 2 heterocycles. The van der Waals surface area contributed by atoms with E-state index in [0.29, 0.717) is 0 Å². The van der Waals surface area contributed by atoms with Crippen molar-refractivity contribution in [1.82, 2.24) is 9.97 Å². The SMILES string of the molecule is Cc1cc(NC(C)c2ccccn2)ccn1. The Morgan fingerprint density at radius 1 is 1.12 bits per heavy atom. The van der Waals surface area contributed by atoms with E-state index in [1.54, 1.807) is 0 Å². The van der Waals surface area contributed by atoms with Crippen molar-refractivity contribution >= 4 is 5.69 Å². The molecular formula is C13H15N3. The summed E-state index contributed by atoms with van der Waals surface area (Å²) in [6.45, 7) is 4.08. The van der Waals surface area contributed by atoms with Gasteiger partial charge in [-0.1, -0.05) is 6.07 Å². The third-order valence-corrected chi connectivity index (χ3v) is 2.41. The molecule has 0 bridgehead atoms. The molecule has 1 atom stereocenters. The fourth-order valence-corrected chi connectivity index (χ4v) is 1.59. The number of nitrogens with zero attached hydrogens (tertiary/aromatic N) is 2. The predicted octanol–water partition coefficient (Wildman–Crippen LogP) is 2.96. The molecule has 2 aromatic heterocycles. The minimum absolute atomic E-state index is 0.197. The van der Waals surface area contributed by atoms with E-state index >= 15 is 0 Å². The van der Waals surface area contributed by atoms with Crippen molar-refractivity contribution in [3.63, 3.8) is 0 Å². The smallest absolute Gasteiger partial charge is 0.0657 e. The summed E-state index contributed by atoms with van der Waals surface area (Å²) in [7, 11) is 0. The Labute approximate surface area is 95.6 Å². The van der Waals surface area contributed by atoms with E-state index < -0.39 is 0 Å². The number of rotatable bonds is 3. The summed E-state index contributed by atoms with van der Waals surface area (Å²) < 4.78 is 0. The summed E-state index contributed by atoms with van der Waals surface area (Å²) in [5.41, 5.74) is 3.13. The second-order valence-electron chi connectivity index (χ2n) is 3.81. The van der Waals surface area contributed by atoms with Gasteiger partial charge in [0.15, 0.2) is 0 Å². The molecule has 0 amide bonds. The van der Waals surface area contributed by atoms with Crippen LogP contribution in [0.1, 0.15) is 24.4 Å². The van der Waals surface area contributed by atoms with Gasteiger partial charge < -0.3 is 5.32 Å². The number of pyridine rings is 2. The molecule has 0 aliphatic carbocycles. The summed E-state index contributed by atoms with van der Waals surface area (Å²) in [6, 6.07) is 10.1. The second kappa shape index (κ2) is 4.75. The summed E-state index contributed by atoms with van der Waals surface area (Å²) >= 11 is 0. The quantitative estimate of drug-likeness (QED) is 0.851. The van der Waals surface area contributed by atoms with Gasteiger partial charge in [0.2, 0.25) is 0 Å². The molecule has 0 saturated carbocycles. The number of aromatic nitrogens is 2. The normalized spacial score (nSPS) is 12.1. The van der Waals surface area contributed by atoms with Crippen LogP contribution in [0, 0.1) is 6.92 Å². The maximum absolute atomic E-state index is 4.32. The van der Waals surface area contributed by atoms with Crippen LogP contribution in [-0.2, 0) is 0 Å². The molecule has 0 aliphatic heterocycles. The lowest BCUT2D eigenvalue weighted by Gasteiger charge is -2.14. The van der Waals surface area contributed by atoms with Crippen molar-refractivity contribution in [3.05, 3.63) is 54.1 Å². The van der Waals surface area contributed by atoms with E-state index in [0.717, 1.165) is 17.1 Å². The summed E-state index contributed by atoms with van der Waals surface area (Å²) in [6.07, 6.45) is 3.62. The highest BCUT2D eigenvalue weighted by Crippen LogP contribution is 2.16. The van der Waals surface area contributed by atoms with Crippen molar-refractivity contribution in [2.45, 2.75) is 19.9 Å². The molecular weight excluding hydrogens is 198 g/mol. The van der Waals surface area contributed by atoms with Crippen LogP contribution in [0.15, 0.2) is 42.7 Å². The number of hydrogen-bond acceptors (Lipinski definition) is 3. The van der Waals surface area contributed by atoms with Crippen molar-refractivity contribution in [2.24, 2.45) is 0 Å². The van der Waals surface area contributed by atoms with Crippen molar-refractivity contribution in [1.29, 1.82) is 0 Å². The fraction of sp³-hybridized carbons (Fsp3) is 0.231. The molecule has 0 aliphatic rings. The predicted molar refractivity (Wildman–Crippen MR) is 65.2 cm³/mol. The Bertz CT molecular complexity index is 454. The van der Waals surface area contributed by atoms with E-state index in [9.17, 15) is 0 Å². The molecule has 2 rings (SSSR count). The van der Waals surface area contributed by atoms with Gasteiger partial charge in [0.1, 0.15) is 0 Å². The van der Waals surface area contributed by atoms with Gasteiger partial charge >= 0.3 is 0 Å². The van der Waals surface area contributed by atoms with Crippen LogP contribution in [0.5, 0.6) is 0 Å². The molecule has 0 fully saturated rings. The first-order valence-electron chi connectivity index (χ1n) is 5.36. The zero-order valence-corrected chi connectivity index (χ0v) is 9.51.